The number of hydrogen-bond acceptors (Lipinski definition) is 7. The van der Waals surface area contributed by atoms with Crippen LogP contribution >= 0.6 is 11.3 Å². The van der Waals surface area contributed by atoms with E-state index in [0.717, 1.165) is 42.7 Å². The van der Waals surface area contributed by atoms with Gasteiger partial charge in [-0.2, -0.15) is 16.3 Å². The van der Waals surface area contributed by atoms with Crippen LogP contribution in [-0.2, 0) is 16.6 Å². The number of fused-ring (bicyclic) bond motifs is 1. The van der Waals surface area contributed by atoms with Crippen LogP contribution in [0, 0.1) is 0 Å². The molecule has 3 heterocycles. The summed E-state index contributed by atoms with van der Waals surface area (Å²) >= 11 is 1.59. The number of aromatic nitrogens is 2. The second-order valence-corrected chi connectivity index (χ2v) is 8.93. The first kappa shape index (κ1) is 20.1. The van der Waals surface area contributed by atoms with E-state index in [-0.39, 0.29) is 11.3 Å². The number of nitrogens with zero attached hydrogens (tertiary/aromatic N) is 2. The molecule has 162 valence electrons. The van der Waals surface area contributed by atoms with Gasteiger partial charge in [0.2, 0.25) is 17.6 Å². The van der Waals surface area contributed by atoms with Crippen LogP contribution in [0.3, 0.4) is 0 Å². The van der Waals surface area contributed by atoms with Gasteiger partial charge in [-0.05, 0) is 42.0 Å². The lowest BCUT2D eigenvalue weighted by atomic mass is 9.78. The van der Waals surface area contributed by atoms with Crippen LogP contribution in [0.15, 0.2) is 39.5 Å². The molecule has 2 aromatic heterocycles. The molecule has 1 saturated carbocycles. The Bertz CT molecular complexity index is 1040. The van der Waals surface area contributed by atoms with E-state index in [2.05, 4.69) is 27.6 Å². The SMILES string of the molecule is O=C(CCc1nc(-c2ccsc2)no1)NCC1(c2ccc3c(c2)OCCO3)CCCC1. The van der Waals surface area contributed by atoms with Gasteiger partial charge in [-0.25, -0.2) is 0 Å². The summed E-state index contributed by atoms with van der Waals surface area (Å²) in [5.74, 6) is 2.66. The van der Waals surface area contributed by atoms with Crippen molar-refractivity contribution in [2.24, 2.45) is 0 Å². The van der Waals surface area contributed by atoms with Crippen LogP contribution in [0.4, 0.5) is 0 Å². The van der Waals surface area contributed by atoms with E-state index in [0.29, 0.717) is 44.3 Å². The molecule has 1 N–H and O–H groups in total. The summed E-state index contributed by atoms with van der Waals surface area (Å²) in [5, 5.41) is 11.1. The standard InChI is InChI=1S/C23H25N3O4S/c27-20(5-6-21-25-22(26-30-21)16-7-12-31-14-16)24-15-23(8-1-2-9-23)17-3-4-18-19(13-17)29-11-10-28-18/h3-4,7,12-14H,1-2,5-6,8-11,15H2,(H,24,27). The number of amides is 1. The molecule has 2 aliphatic rings. The van der Waals surface area contributed by atoms with Gasteiger partial charge in [-0.3, -0.25) is 4.79 Å². The van der Waals surface area contributed by atoms with Gasteiger partial charge in [0.15, 0.2) is 11.5 Å². The second-order valence-electron chi connectivity index (χ2n) is 8.15. The van der Waals surface area contributed by atoms with Crippen molar-refractivity contribution in [1.82, 2.24) is 15.5 Å². The average Bonchev–Trinajstić information content (AvgIpc) is 3.58. The number of thiophene rings is 1. The van der Waals surface area contributed by atoms with Crippen molar-refractivity contribution >= 4 is 17.2 Å². The van der Waals surface area contributed by atoms with Crippen molar-refractivity contribution in [3.63, 3.8) is 0 Å². The van der Waals surface area contributed by atoms with E-state index in [4.69, 9.17) is 14.0 Å². The van der Waals surface area contributed by atoms with Crippen molar-refractivity contribution in [3.05, 3.63) is 46.5 Å². The normalized spacial score (nSPS) is 16.9. The third-order valence-electron chi connectivity index (χ3n) is 6.15. The first-order chi connectivity index (χ1) is 15.2. The highest BCUT2D eigenvalue weighted by Crippen LogP contribution is 2.43. The zero-order chi connectivity index (χ0) is 21.1. The monoisotopic (exact) mass is 439 g/mol. The fourth-order valence-corrected chi connectivity index (χ4v) is 5.07. The zero-order valence-electron chi connectivity index (χ0n) is 17.3. The van der Waals surface area contributed by atoms with Gasteiger partial charge in [0.25, 0.3) is 0 Å². The van der Waals surface area contributed by atoms with Crippen LogP contribution in [0.5, 0.6) is 11.5 Å². The lowest BCUT2D eigenvalue weighted by Crippen LogP contribution is -2.39. The molecule has 3 aromatic rings. The Morgan fingerprint density at radius 2 is 1.97 bits per heavy atom. The molecule has 0 bridgehead atoms. The number of aryl methyl sites for hydroxylation is 1. The third-order valence-corrected chi connectivity index (χ3v) is 6.84. The van der Waals surface area contributed by atoms with Gasteiger partial charge in [-0.15, -0.1) is 0 Å². The maximum atomic E-state index is 12.6. The number of carbonyl (C=O) groups is 1. The van der Waals surface area contributed by atoms with E-state index in [1.165, 1.54) is 5.56 Å². The molecule has 1 amide bonds. The van der Waals surface area contributed by atoms with Gasteiger partial charge in [-0.1, -0.05) is 24.1 Å². The molecule has 1 fully saturated rings. The van der Waals surface area contributed by atoms with Crippen molar-refractivity contribution in [1.29, 1.82) is 0 Å². The third kappa shape index (κ3) is 4.30. The molecule has 0 unspecified atom stereocenters. The predicted octanol–water partition coefficient (Wildman–Crippen LogP) is 4.13. The summed E-state index contributed by atoms with van der Waals surface area (Å²) in [6.07, 6.45) is 5.19. The summed E-state index contributed by atoms with van der Waals surface area (Å²) in [4.78, 5) is 17.0. The number of carbonyl (C=O) groups excluding carboxylic acids is 1. The number of ether oxygens (including phenoxy) is 2. The average molecular weight is 440 g/mol. The highest BCUT2D eigenvalue weighted by atomic mass is 32.1. The van der Waals surface area contributed by atoms with Gasteiger partial charge >= 0.3 is 0 Å². The molecule has 0 radical (unpaired) electrons. The Morgan fingerprint density at radius 1 is 1.13 bits per heavy atom. The first-order valence-corrected chi connectivity index (χ1v) is 11.7. The van der Waals surface area contributed by atoms with Crippen LogP contribution in [-0.4, -0.2) is 35.8 Å². The molecular formula is C23H25N3O4S. The maximum Gasteiger partial charge on any atom is 0.227 e. The van der Waals surface area contributed by atoms with E-state index >= 15 is 0 Å². The summed E-state index contributed by atoms with van der Waals surface area (Å²) in [6, 6.07) is 8.16. The van der Waals surface area contributed by atoms with E-state index in [9.17, 15) is 4.79 Å². The summed E-state index contributed by atoms with van der Waals surface area (Å²) in [5.41, 5.74) is 2.10. The zero-order valence-corrected chi connectivity index (χ0v) is 18.1. The smallest absolute Gasteiger partial charge is 0.227 e. The van der Waals surface area contributed by atoms with Gasteiger partial charge < -0.3 is 19.3 Å². The van der Waals surface area contributed by atoms with Gasteiger partial charge in [0.05, 0.1) is 0 Å². The second kappa shape index (κ2) is 8.70. The Kier molecular flexibility index (Phi) is 5.63. The minimum absolute atomic E-state index is 0.000832. The Hall–Kier alpha value is -2.87. The molecular weight excluding hydrogens is 414 g/mol. The van der Waals surface area contributed by atoms with Crippen LogP contribution < -0.4 is 14.8 Å². The minimum atomic E-state index is -0.0535. The van der Waals surface area contributed by atoms with E-state index in [1.807, 2.05) is 22.9 Å². The van der Waals surface area contributed by atoms with Crippen molar-refractivity contribution in [2.45, 2.75) is 43.9 Å². The van der Waals surface area contributed by atoms with Crippen LogP contribution in [0.25, 0.3) is 11.4 Å². The maximum absolute atomic E-state index is 12.6. The largest absolute Gasteiger partial charge is 0.486 e. The predicted molar refractivity (Wildman–Crippen MR) is 117 cm³/mol. The Balaban J connectivity index is 1.20. The molecule has 1 aliphatic heterocycles. The molecule has 8 heteroatoms. The molecule has 0 atom stereocenters. The minimum Gasteiger partial charge on any atom is -0.486 e. The summed E-state index contributed by atoms with van der Waals surface area (Å²) in [6.45, 7) is 1.78. The van der Waals surface area contributed by atoms with E-state index in [1.54, 1.807) is 11.3 Å². The molecule has 0 saturated heterocycles. The lowest BCUT2D eigenvalue weighted by molar-refractivity contribution is -0.121. The first-order valence-electron chi connectivity index (χ1n) is 10.7. The number of nitrogens with one attached hydrogen (secondary N) is 1. The van der Waals surface area contributed by atoms with Crippen molar-refractivity contribution in [3.8, 4) is 22.9 Å². The fourth-order valence-electron chi connectivity index (χ4n) is 4.43. The topological polar surface area (TPSA) is 86.5 Å². The molecule has 1 aliphatic carbocycles. The molecule has 7 nitrogen and oxygen atoms in total. The number of hydrogen-bond donors (Lipinski definition) is 1. The van der Waals surface area contributed by atoms with Crippen LogP contribution in [0.2, 0.25) is 0 Å². The number of benzene rings is 1. The fraction of sp³-hybridized carbons (Fsp3) is 0.435. The molecule has 0 spiro atoms. The number of rotatable bonds is 7. The summed E-state index contributed by atoms with van der Waals surface area (Å²) < 4.78 is 16.7. The molecule has 31 heavy (non-hydrogen) atoms. The van der Waals surface area contributed by atoms with Crippen molar-refractivity contribution in [2.75, 3.05) is 19.8 Å². The van der Waals surface area contributed by atoms with E-state index < -0.39 is 0 Å². The quantitative estimate of drug-likeness (QED) is 0.596. The van der Waals surface area contributed by atoms with Crippen LogP contribution in [0.1, 0.15) is 43.6 Å². The summed E-state index contributed by atoms with van der Waals surface area (Å²) in [7, 11) is 0. The van der Waals surface area contributed by atoms with Crippen molar-refractivity contribution < 1.29 is 18.8 Å². The highest BCUT2D eigenvalue weighted by molar-refractivity contribution is 7.08. The Morgan fingerprint density at radius 3 is 2.77 bits per heavy atom. The lowest BCUT2D eigenvalue weighted by Gasteiger charge is -2.31. The molecule has 1 aromatic carbocycles. The van der Waals surface area contributed by atoms with Gasteiger partial charge in [0.1, 0.15) is 13.2 Å². The molecule has 5 rings (SSSR count). The Labute approximate surface area is 184 Å². The highest BCUT2D eigenvalue weighted by Gasteiger charge is 2.36. The van der Waals surface area contributed by atoms with Gasteiger partial charge in [0, 0.05) is 35.7 Å².